The van der Waals surface area contributed by atoms with Gasteiger partial charge in [0.05, 0.1) is 6.10 Å². The monoisotopic (exact) mass is 426 g/mol. The highest BCUT2D eigenvalue weighted by Crippen LogP contribution is 2.33. The van der Waals surface area contributed by atoms with E-state index in [1.165, 1.54) is 24.0 Å². The minimum Gasteiger partial charge on any atom is -0.373 e. The van der Waals surface area contributed by atoms with E-state index in [0.717, 1.165) is 64.3 Å². The van der Waals surface area contributed by atoms with Gasteiger partial charge < -0.3 is 20.3 Å². The number of aliphatic imine (C=N–C) groups is 1. The third-order valence-corrected chi connectivity index (χ3v) is 7.15. The van der Waals surface area contributed by atoms with E-state index >= 15 is 0 Å². The molecule has 6 nitrogen and oxygen atoms in total. The lowest BCUT2D eigenvalue weighted by Crippen LogP contribution is -2.47. The van der Waals surface area contributed by atoms with Crippen LogP contribution in [0.3, 0.4) is 0 Å². The lowest BCUT2D eigenvalue weighted by molar-refractivity contribution is -0.134. The number of guanidine groups is 1. The van der Waals surface area contributed by atoms with Gasteiger partial charge in [-0.1, -0.05) is 42.7 Å². The second-order valence-electron chi connectivity index (χ2n) is 9.45. The summed E-state index contributed by atoms with van der Waals surface area (Å²) in [5, 5.41) is 7.08. The molecular formula is C25H38N4O2. The topological polar surface area (TPSA) is 66.0 Å². The number of aryl methyl sites for hydroxylation is 1. The number of hydrogen-bond acceptors (Lipinski definition) is 3. The van der Waals surface area contributed by atoms with Gasteiger partial charge >= 0.3 is 0 Å². The number of hydrogen-bond donors (Lipinski definition) is 2. The Morgan fingerprint density at radius 2 is 1.90 bits per heavy atom. The molecule has 4 rings (SSSR count). The third kappa shape index (κ3) is 5.59. The SMILES string of the molecule is CN=C(NCC1CCCOC1c1ccc(C)cc1)NC1CCN(C(=O)C2CCCC2)C1. The molecule has 2 aliphatic heterocycles. The maximum atomic E-state index is 12.7. The maximum absolute atomic E-state index is 12.7. The predicted octanol–water partition coefficient (Wildman–Crippen LogP) is 3.42. The van der Waals surface area contributed by atoms with Gasteiger partial charge in [-0.25, -0.2) is 0 Å². The Bertz CT molecular complexity index is 757. The molecule has 1 aliphatic carbocycles. The number of benzene rings is 1. The Morgan fingerprint density at radius 3 is 2.65 bits per heavy atom. The minimum atomic E-state index is 0.131. The quantitative estimate of drug-likeness (QED) is 0.559. The standard InChI is InChI=1S/C25H38N4O2/c1-18-9-11-19(12-10-18)23-21(8-5-15-31-23)16-27-25(26-2)28-22-13-14-29(17-22)24(30)20-6-3-4-7-20/h9-12,20-23H,3-8,13-17H2,1-2H3,(H2,26,27,28). The molecule has 1 aromatic carbocycles. The first-order valence-corrected chi connectivity index (χ1v) is 12.1. The Kier molecular flexibility index (Phi) is 7.49. The van der Waals surface area contributed by atoms with Crippen LogP contribution in [0.2, 0.25) is 0 Å². The normalized spacial score (nSPS) is 27.5. The fourth-order valence-corrected chi connectivity index (χ4v) is 5.30. The molecule has 31 heavy (non-hydrogen) atoms. The molecule has 3 fully saturated rings. The summed E-state index contributed by atoms with van der Waals surface area (Å²) in [6, 6.07) is 8.99. The first-order chi connectivity index (χ1) is 15.1. The van der Waals surface area contributed by atoms with Gasteiger partial charge in [0.2, 0.25) is 5.91 Å². The van der Waals surface area contributed by atoms with E-state index in [9.17, 15) is 4.79 Å². The molecule has 3 aliphatic rings. The van der Waals surface area contributed by atoms with Crippen LogP contribution in [-0.2, 0) is 9.53 Å². The summed E-state index contributed by atoms with van der Waals surface area (Å²) < 4.78 is 6.16. The second kappa shape index (κ2) is 10.5. The van der Waals surface area contributed by atoms with Crippen LogP contribution in [0.5, 0.6) is 0 Å². The number of amides is 1. The van der Waals surface area contributed by atoms with Crippen LogP contribution in [0.1, 0.15) is 62.2 Å². The van der Waals surface area contributed by atoms with E-state index in [-0.39, 0.29) is 18.1 Å². The highest BCUT2D eigenvalue weighted by atomic mass is 16.5. The van der Waals surface area contributed by atoms with Crippen molar-refractivity contribution in [3.8, 4) is 0 Å². The summed E-state index contributed by atoms with van der Waals surface area (Å²) in [5.41, 5.74) is 2.53. The zero-order valence-electron chi connectivity index (χ0n) is 19.1. The second-order valence-corrected chi connectivity index (χ2v) is 9.45. The van der Waals surface area contributed by atoms with Crippen LogP contribution in [0.4, 0.5) is 0 Å². The van der Waals surface area contributed by atoms with Crippen LogP contribution < -0.4 is 10.6 Å². The highest BCUT2D eigenvalue weighted by Gasteiger charge is 2.33. The third-order valence-electron chi connectivity index (χ3n) is 7.15. The van der Waals surface area contributed by atoms with Gasteiger partial charge in [-0.05, 0) is 44.6 Å². The molecule has 1 aromatic rings. The number of ether oxygens (including phenoxy) is 1. The Balaban J connectivity index is 1.28. The summed E-state index contributed by atoms with van der Waals surface area (Å²) in [6.07, 6.45) is 7.92. The minimum absolute atomic E-state index is 0.131. The predicted molar refractivity (Wildman–Crippen MR) is 124 cm³/mol. The van der Waals surface area contributed by atoms with Crippen molar-refractivity contribution in [3.05, 3.63) is 35.4 Å². The van der Waals surface area contributed by atoms with Crippen molar-refractivity contribution in [1.29, 1.82) is 0 Å². The molecule has 0 radical (unpaired) electrons. The summed E-state index contributed by atoms with van der Waals surface area (Å²) >= 11 is 0. The zero-order chi connectivity index (χ0) is 21.6. The molecule has 3 atom stereocenters. The number of carbonyl (C=O) groups excluding carboxylic acids is 1. The summed E-state index contributed by atoms with van der Waals surface area (Å²) in [7, 11) is 1.82. The van der Waals surface area contributed by atoms with Crippen LogP contribution in [0, 0.1) is 18.8 Å². The molecule has 0 bridgehead atoms. The van der Waals surface area contributed by atoms with Crippen LogP contribution in [0.25, 0.3) is 0 Å². The molecule has 0 spiro atoms. The fourth-order valence-electron chi connectivity index (χ4n) is 5.30. The highest BCUT2D eigenvalue weighted by molar-refractivity contribution is 5.81. The molecule has 1 saturated carbocycles. The lowest BCUT2D eigenvalue weighted by atomic mass is 9.89. The van der Waals surface area contributed by atoms with Crippen molar-refractivity contribution in [2.24, 2.45) is 16.8 Å². The molecule has 2 heterocycles. The van der Waals surface area contributed by atoms with Gasteiger partial charge in [-0.15, -0.1) is 0 Å². The smallest absolute Gasteiger partial charge is 0.225 e. The van der Waals surface area contributed by atoms with E-state index in [1.807, 2.05) is 7.05 Å². The number of rotatable bonds is 5. The number of nitrogens with one attached hydrogen (secondary N) is 2. The summed E-state index contributed by atoms with van der Waals surface area (Å²) in [5.74, 6) is 1.87. The van der Waals surface area contributed by atoms with E-state index < -0.39 is 0 Å². The van der Waals surface area contributed by atoms with Gasteiger partial charge in [0.25, 0.3) is 0 Å². The van der Waals surface area contributed by atoms with Gasteiger partial charge in [-0.2, -0.15) is 0 Å². The Morgan fingerprint density at radius 1 is 1.13 bits per heavy atom. The molecule has 1 amide bonds. The molecule has 2 saturated heterocycles. The zero-order valence-corrected chi connectivity index (χ0v) is 19.1. The first kappa shape index (κ1) is 22.1. The Labute approximate surface area is 186 Å². The van der Waals surface area contributed by atoms with Gasteiger partial charge in [0, 0.05) is 51.2 Å². The first-order valence-electron chi connectivity index (χ1n) is 12.1. The average molecular weight is 427 g/mol. The van der Waals surface area contributed by atoms with Gasteiger partial charge in [0.1, 0.15) is 0 Å². The van der Waals surface area contributed by atoms with Crippen LogP contribution in [0.15, 0.2) is 29.3 Å². The average Bonchev–Trinajstić information content (AvgIpc) is 3.49. The van der Waals surface area contributed by atoms with Crippen molar-refractivity contribution < 1.29 is 9.53 Å². The van der Waals surface area contributed by atoms with Crippen LogP contribution in [-0.4, -0.2) is 56.1 Å². The molecule has 6 heteroatoms. The van der Waals surface area contributed by atoms with Gasteiger partial charge in [0.15, 0.2) is 5.96 Å². The number of nitrogens with zero attached hydrogens (tertiary/aromatic N) is 2. The molecule has 170 valence electrons. The van der Waals surface area contributed by atoms with E-state index in [1.54, 1.807) is 0 Å². The molecule has 0 aromatic heterocycles. The molecule has 2 N–H and O–H groups in total. The van der Waals surface area contributed by atoms with E-state index in [4.69, 9.17) is 4.74 Å². The van der Waals surface area contributed by atoms with Crippen molar-refractivity contribution in [2.45, 2.75) is 64.0 Å². The van der Waals surface area contributed by atoms with E-state index in [2.05, 4.69) is 51.7 Å². The van der Waals surface area contributed by atoms with Gasteiger partial charge in [-0.3, -0.25) is 9.79 Å². The number of likely N-dealkylation sites (tertiary alicyclic amines) is 1. The maximum Gasteiger partial charge on any atom is 0.225 e. The van der Waals surface area contributed by atoms with Crippen LogP contribution >= 0.6 is 0 Å². The van der Waals surface area contributed by atoms with Crippen molar-refractivity contribution in [3.63, 3.8) is 0 Å². The number of carbonyl (C=O) groups is 1. The fraction of sp³-hybridized carbons (Fsp3) is 0.680. The van der Waals surface area contributed by atoms with Crippen molar-refractivity contribution >= 4 is 11.9 Å². The molecular weight excluding hydrogens is 388 g/mol. The summed E-state index contributed by atoms with van der Waals surface area (Å²) in [4.78, 5) is 19.2. The molecule has 3 unspecified atom stereocenters. The van der Waals surface area contributed by atoms with E-state index in [0.29, 0.717) is 11.8 Å². The van der Waals surface area contributed by atoms with Crippen molar-refractivity contribution in [1.82, 2.24) is 15.5 Å². The lowest BCUT2D eigenvalue weighted by Gasteiger charge is -2.33. The van der Waals surface area contributed by atoms with Crippen molar-refractivity contribution in [2.75, 3.05) is 33.3 Å². The Hall–Kier alpha value is -2.08. The summed E-state index contributed by atoms with van der Waals surface area (Å²) in [6.45, 7) is 5.42. The largest absolute Gasteiger partial charge is 0.373 e.